The minimum Gasteiger partial charge on any atom is -0.484 e. The number of aryl methyl sites for hydroxylation is 1. The van der Waals surface area contributed by atoms with E-state index in [1.165, 1.54) is 24.0 Å². The fraction of sp³-hybridized carbons (Fsp3) is 0.250. The number of carbonyl (C=O) groups excluding carboxylic acids is 2. The number of carbonyl (C=O) groups is 2. The lowest BCUT2D eigenvalue weighted by molar-refractivity contribution is -0.141. The maximum atomic E-state index is 12.3. The Bertz CT molecular complexity index is 1070. The highest BCUT2D eigenvalue weighted by molar-refractivity contribution is 7.16. The number of aromatic nitrogens is 1. The monoisotopic (exact) mass is 418 g/mol. The lowest BCUT2D eigenvalue weighted by Gasteiger charge is -2.05. The van der Waals surface area contributed by atoms with Crippen molar-refractivity contribution < 1.29 is 19.1 Å². The number of hydrogen-bond acceptors (Lipinski definition) is 5. The fourth-order valence-electron chi connectivity index (χ4n) is 2.58. The molecule has 6 nitrogen and oxygen atoms in total. The summed E-state index contributed by atoms with van der Waals surface area (Å²) >= 11 is 7.19. The highest BCUT2D eigenvalue weighted by Gasteiger charge is 2.12. The van der Waals surface area contributed by atoms with Crippen molar-refractivity contribution in [1.82, 2.24) is 4.57 Å². The Morgan fingerprint density at radius 1 is 1.18 bits per heavy atom. The highest BCUT2D eigenvalue weighted by Crippen LogP contribution is 2.20. The third-order valence-corrected chi connectivity index (χ3v) is 5.36. The van der Waals surface area contributed by atoms with E-state index in [2.05, 4.69) is 11.9 Å². The Kier molecular flexibility index (Phi) is 6.49. The number of fused-ring (bicyclic) bond motifs is 1. The van der Waals surface area contributed by atoms with Crippen LogP contribution in [0.4, 0.5) is 0 Å². The van der Waals surface area contributed by atoms with Gasteiger partial charge in [-0.15, -0.1) is 0 Å². The topological polar surface area (TPSA) is 69.9 Å². The molecule has 28 heavy (non-hydrogen) atoms. The largest absolute Gasteiger partial charge is 0.484 e. The normalized spacial score (nSPS) is 11.6. The second-order valence-electron chi connectivity index (χ2n) is 5.95. The molecule has 0 N–H and O–H groups in total. The summed E-state index contributed by atoms with van der Waals surface area (Å²) < 4.78 is 12.9. The molecular formula is C20H19ClN2O4S. The predicted molar refractivity (Wildman–Crippen MR) is 109 cm³/mol. The molecule has 0 aliphatic rings. The molecule has 0 saturated heterocycles. The minimum atomic E-state index is -0.448. The van der Waals surface area contributed by atoms with Crippen LogP contribution in [-0.4, -0.2) is 30.2 Å². The molecule has 3 rings (SSSR count). The molecule has 146 valence electrons. The lowest BCUT2D eigenvalue weighted by Crippen LogP contribution is -2.23. The van der Waals surface area contributed by atoms with Crippen molar-refractivity contribution in [3.8, 4) is 5.75 Å². The van der Waals surface area contributed by atoms with Gasteiger partial charge in [0.05, 0.1) is 17.3 Å². The first-order chi connectivity index (χ1) is 13.5. The minimum absolute atomic E-state index is 0.0217. The molecule has 0 unspecified atom stereocenters. The average molecular weight is 419 g/mol. The number of benzene rings is 2. The number of rotatable bonds is 6. The van der Waals surface area contributed by atoms with E-state index in [0.29, 0.717) is 15.6 Å². The first-order valence-electron chi connectivity index (χ1n) is 8.65. The molecule has 0 radical (unpaired) electrons. The Hall–Kier alpha value is -2.64. The molecule has 0 atom stereocenters. The van der Waals surface area contributed by atoms with E-state index in [1.54, 1.807) is 28.8 Å². The van der Waals surface area contributed by atoms with Gasteiger partial charge in [-0.1, -0.05) is 35.9 Å². The molecule has 1 heterocycles. The first-order valence-corrected chi connectivity index (χ1v) is 9.84. The van der Waals surface area contributed by atoms with Gasteiger partial charge in [-0.2, -0.15) is 4.99 Å². The Labute approximate surface area is 171 Å². The van der Waals surface area contributed by atoms with Crippen LogP contribution in [-0.2, 0) is 27.3 Å². The number of esters is 1. The zero-order chi connectivity index (χ0) is 20.1. The Morgan fingerprint density at radius 3 is 2.61 bits per heavy atom. The summed E-state index contributed by atoms with van der Waals surface area (Å²) in [6, 6.07) is 12.7. The summed E-state index contributed by atoms with van der Waals surface area (Å²) in [4.78, 5) is 28.7. The number of ether oxygens (including phenoxy) is 2. The van der Waals surface area contributed by atoms with Gasteiger partial charge in [0.25, 0.3) is 5.91 Å². The van der Waals surface area contributed by atoms with Gasteiger partial charge < -0.3 is 14.0 Å². The molecule has 0 saturated carbocycles. The van der Waals surface area contributed by atoms with Gasteiger partial charge in [0.15, 0.2) is 11.4 Å². The van der Waals surface area contributed by atoms with Crippen LogP contribution in [0.2, 0.25) is 5.02 Å². The molecule has 0 fully saturated rings. The average Bonchev–Trinajstić information content (AvgIpc) is 3.03. The van der Waals surface area contributed by atoms with E-state index < -0.39 is 11.9 Å². The maximum Gasteiger partial charge on any atom is 0.325 e. The highest BCUT2D eigenvalue weighted by atomic mass is 35.5. The van der Waals surface area contributed by atoms with Crippen LogP contribution < -0.4 is 9.54 Å². The summed E-state index contributed by atoms with van der Waals surface area (Å²) in [5.41, 5.74) is 2.00. The molecule has 8 heteroatoms. The summed E-state index contributed by atoms with van der Waals surface area (Å²) in [6.45, 7) is 1.83. The van der Waals surface area contributed by atoms with Crippen LogP contribution in [0.5, 0.6) is 5.75 Å². The third kappa shape index (κ3) is 4.79. The van der Waals surface area contributed by atoms with Crippen LogP contribution >= 0.6 is 22.9 Å². The van der Waals surface area contributed by atoms with Crippen molar-refractivity contribution in [3.05, 3.63) is 57.9 Å². The number of methoxy groups -OCH3 is 1. The van der Waals surface area contributed by atoms with E-state index in [4.69, 9.17) is 21.1 Å². The fourth-order valence-corrected chi connectivity index (χ4v) is 3.82. The van der Waals surface area contributed by atoms with E-state index >= 15 is 0 Å². The van der Waals surface area contributed by atoms with Gasteiger partial charge in [0, 0.05) is 5.02 Å². The molecule has 3 aromatic rings. The molecule has 1 aromatic heterocycles. The Morgan fingerprint density at radius 2 is 1.93 bits per heavy atom. The van der Waals surface area contributed by atoms with Crippen molar-refractivity contribution in [2.45, 2.75) is 19.9 Å². The quantitative estimate of drug-likeness (QED) is 0.573. The van der Waals surface area contributed by atoms with Crippen molar-refractivity contribution in [1.29, 1.82) is 0 Å². The van der Waals surface area contributed by atoms with Gasteiger partial charge in [0.2, 0.25) is 0 Å². The van der Waals surface area contributed by atoms with E-state index in [1.807, 2.05) is 18.2 Å². The van der Waals surface area contributed by atoms with Gasteiger partial charge in [0.1, 0.15) is 12.3 Å². The maximum absolute atomic E-state index is 12.3. The van der Waals surface area contributed by atoms with Gasteiger partial charge in [-0.3, -0.25) is 9.59 Å². The van der Waals surface area contributed by atoms with Gasteiger partial charge in [-0.25, -0.2) is 0 Å². The zero-order valence-corrected chi connectivity index (χ0v) is 17.0. The first kappa shape index (κ1) is 20.1. The van der Waals surface area contributed by atoms with Crippen LogP contribution in [0.15, 0.2) is 47.5 Å². The van der Waals surface area contributed by atoms with E-state index in [0.717, 1.165) is 16.6 Å². The second-order valence-corrected chi connectivity index (χ2v) is 7.40. The standard InChI is InChI=1S/C20H19ClN2O4S/c1-3-13-4-9-16-17(10-13)28-20(23(16)11-19(25)26-2)22-18(24)12-27-15-7-5-14(21)6-8-15/h4-10H,3,11-12H2,1-2H3. The van der Waals surface area contributed by atoms with Crippen molar-refractivity contribution in [3.63, 3.8) is 0 Å². The second kappa shape index (κ2) is 9.03. The molecule has 2 aromatic carbocycles. The van der Waals surface area contributed by atoms with E-state index in [9.17, 15) is 9.59 Å². The third-order valence-electron chi connectivity index (χ3n) is 4.07. The van der Waals surface area contributed by atoms with Crippen LogP contribution in [0.1, 0.15) is 12.5 Å². The van der Waals surface area contributed by atoms with Crippen LogP contribution in [0.25, 0.3) is 10.2 Å². The number of thiazole rings is 1. The van der Waals surface area contributed by atoms with E-state index in [-0.39, 0.29) is 13.2 Å². The molecule has 1 amide bonds. The number of amides is 1. The SMILES string of the molecule is CCc1ccc2c(c1)sc(=NC(=O)COc1ccc(Cl)cc1)n2CC(=O)OC. The van der Waals surface area contributed by atoms with Gasteiger partial charge in [-0.05, 0) is 48.4 Å². The predicted octanol–water partition coefficient (Wildman–Crippen LogP) is 3.60. The number of nitrogens with zero attached hydrogens (tertiary/aromatic N) is 2. The molecule has 0 spiro atoms. The smallest absolute Gasteiger partial charge is 0.325 e. The lowest BCUT2D eigenvalue weighted by atomic mass is 10.2. The summed E-state index contributed by atoms with van der Waals surface area (Å²) in [6.07, 6.45) is 0.894. The van der Waals surface area contributed by atoms with Crippen molar-refractivity contribution in [2.24, 2.45) is 4.99 Å². The van der Waals surface area contributed by atoms with Crippen molar-refractivity contribution in [2.75, 3.05) is 13.7 Å². The molecule has 0 aliphatic carbocycles. The summed E-state index contributed by atoms with van der Waals surface area (Å²) in [5, 5.41) is 0.587. The summed E-state index contributed by atoms with van der Waals surface area (Å²) in [5.74, 6) is -0.333. The number of hydrogen-bond donors (Lipinski definition) is 0. The van der Waals surface area contributed by atoms with Crippen molar-refractivity contribution >= 4 is 45.0 Å². The number of halogens is 1. The zero-order valence-electron chi connectivity index (χ0n) is 15.5. The summed E-state index contributed by atoms with van der Waals surface area (Å²) in [7, 11) is 1.33. The molecule has 0 aliphatic heterocycles. The van der Waals surface area contributed by atoms with Crippen LogP contribution in [0, 0.1) is 0 Å². The van der Waals surface area contributed by atoms with Crippen LogP contribution in [0.3, 0.4) is 0 Å². The molecule has 0 bridgehead atoms. The molecular weight excluding hydrogens is 400 g/mol. The van der Waals surface area contributed by atoms with Gasteiger partial charge >= 0.3 is 5.97 Å². The Balaban J connectivity index is 1.90.